The molecule has 0 saturated heterocycles. The molecular formula is C7H10Br2. The summed E-state index contributed by atoms with van der Waals surface area (Å²) in [6.45, 7) is 0. The van der Waals surface area contributed by atoms with Crippen LogP contribution in [0.5, 0.6) is 0 Å². The zero-order valence-corrected chi connectivity index (χ0v) is 8.36. The fourth-order valence-electron chi connectivity index (χ4n) is 2.15. The van der Waals surface area contributed by atoms with E-state index in [1.54, 1.807) is 0 Å². The second-order valence-corrected chi connectivity index (χ2v) is 5.34. The van der Waals surface area contributed by atoms with Gasteiger partial charge in [-0.1, -0.05) is 31.9 Å². The number of hydrogen-bond donors (Lipinski definition) is 0. The van der Waals surface area contributed by atoms with Crippen molar-refractivity contribution in [3.05, 3.63) is 0 Å². The molecule has 0 aliphatic heterocycles. The van der Waals surface area contributed by atoms with Crippen molar-refractivity contribution in [1.82, 2.24) is 0 Å². The van der Waals surface area contributed by atoms with Crippen LogP contribution < -0.4 is 0 Å². The molecule has 2 heteroatoms. The van der Waals surface area contributed by atoms with Gasteiger partial charge in [0, 0.05) is 9.65 Å². The summed E-state index contributed by atoms with van der Waals surface area (Å²) in [7, 11) is 0. The summed E-state index contributed by atoms with van der Waals surface area (Å²) in [6, 6.07) is 0. The predicted octanol–water partition coefficient (Wildman–Crippen LogP) is 2.94. The fourth-order valence-corrected chi connectivity index (χ4v) is 3.97. The average molecular weight is 254 g/mol. The minimum absolute atomic E-state index is 0.774. The van der Waals surface area contributed by atoms with Gasteiger partial charge in [0.05, 0.1) is 0 Å². The summed E-state index contributed by atoms with van der Waals surface area (Å²) in [4.78, 5) is 1.55. The van der Waals surface area contributed by atoms with Crippen LogP contribution in [0.15, 0.2) is 0 Å². The lowest BCUT2D eigenvalue weighted by Gasteiger charge is -2.20. The molecule has 2 aliphatic rings. The van der Waals surface area contributed by atoms with Crippen LogP contribution in [-0.2, 0) is 0 Å². The van der Waals surface area contributed by atoms with E-state index in [9.17, 15) is 0 Å². The van der Waals surface area contributed by atoms with E-state index in [-0.39, 0.29) is 0 Å². The van der Waals surface area contributed by atoms with Gasteiger partial charge in [-0.05, 0) is 31.1 Å². The Morgan fingerprint density at radius 2 is 1.33 bits per heavy atom. The first-order valence-electron chi connectivity index (χ1n) is 3.57. The van der Waals surface area contributed by atoms with Crippen LogP contribution in [0.2, 0.25) is 0 Å². The Kier molecular flexibility index (Phi) is 1.65. The summed E-state index contributed by atoms with van der Waals surface area (Å²) < 4.78 is 0. The van der Waals surface area contributed by atoms with Crippen molar-refractivity contribution in [1.29, 1.82) is 0 Å². The van der Waals surface area contributed by atoms with Crippen molar-refractivity contribution in [2.75, 3.05) is 0 Å². The van der Waals surface area contributed by atoms with Crippen molar-refractivity contribution in [2.45, 2.75) is 28.9 Å². The topological polar surface area (TPSA) is 0 Å². The second kappa shape index (κ2) is 2.23. The lowest BCUT2D eigenvalue weighted by Crippen LogP contribution is -2.21. The molecule has 2 bridgehead atoms. The van der Waals surface area contributed by atoms with Gasteiger partial charge in [-0.25, -0.2) is 0 Å². The maximum absolute atomic E-state index is 3.71. The third-order valence-electron chi connectivity index (χ3n) is 2.72. The Labute approximate surface area is 72.7 Å². The van der Waals surface area contributed by atoms with Gasteiger partial charge >= 0.3 is 0 Å². The van der Waals surface area contributed by atoms with Crippen LogP contribution in [0.3, 0.4) is 0 Å². The molecule has 0 aromatic heterocycles. The molecule has 0 spiro atoms. The highest BCUT2D eigenvalue weighted by atomic mass is 79.9. The van der Waals surface area contributed by atoms with E-state index in [0.717, 1.165) is 21.5 Å². The molecule has 0 amide bonds. The second-order valence-electron chi connectivity index (χ2n) is 3.22. The first-order valence-corrected chi connectivity index (χ1v) is 5.40. The van der Waals surface area contributed by atoms with E-state index in [1.165, 1.54) is 19.3 Å². The normalized spacial score (nSPS) is 56.7. The summed E-state index contributed by atoms with van der Waals surface area (Å²) in [6.07, 6.45) is 4.39. The minimum Gasteiger partial charge on any atom is -0.0875 e. The maximum atomic E-state index is 3.71. The summed E-state index contributed by atoms with van der Waals surface area (Å²) in [5.41, 5.74) is 0. The molecule has 0 nitrogen and oxygen atoms in total. The van der Waals surface area contributed by atoms with Crippen LogP contribution >= 0.6 is 31.9 Å². The number of alkyl halides is 2. The highest BCUT2D eigenvalue weighted by Gasteiger charge is 2.44. The zero-order chi connectivity index (χ0) is 6.43. The van der Waals surface area contributed by atoms with Gasteiger partial charge in [0.15, 0.2) is 0 Å². The number of halogens is 2. The highest BCUT2D eigenvalue weighted by Crippen LogP contribution is 2.50. The molecule has 2 aliphatic carbocycles. The Bertz CT molecular complexity index is 106. The fraction of sp³-hybridized carbons (Fsp3) is 1.00. The molecule has 0 unspecified atom stereocenters. The highest BCUT2D eigenvalue weighted by molar-refractivity contribution is 9.12. The summed E-state index contributed by atoms with van der Waals surface area (Å²) in [5, 5.41) is 0. The molecule has 0 N–H and O–H groups in total. The van der Waals surface area contributed by atoms with Gasteiger partial charge in [0.1, 0.15) is 0 Å². The van der Waals surface area contributed by atoms with Gasteiger partial charge in [0.25, 0.3) is 0 Å². The first-order chi connectivity index (χ1) is 4.29. The lowest BCUT2D eigenvalue weighted by atomic mass is 10.0. The van der Waals surface area contributed by atoms with Crippen LogP contribution in [0.25, 0.3) is 0 Å². The van der Waals surface area contributed by atoms with E-state index in [2.05, 4.69) is 31.9 Å². The van der Waals surface area contributed by atoms with Crippen molar-refractivity contribution in [3.8, 4) is 0 Å². The Morgan fingerprint density at radius 3 is 1.56 bits per heavy atom. The molecule has 0 radical (unpaired) electrons. The molecule has 4 atom stereocenters. The average Bonchev–Trinajstić information content (AvgIpc) is 2.37. The standard InChI is InChI=1S/C7H10Br2/c8-6-4-1-2-5(3-4)7(6)9/h4-7H,1-3H2/t4-,5-,6-,7-/m0/s1. The van der Waals surface area contributed by atoms with Crippen molar-refractivity contribution < 1.29 is 0 Å². The van der Waals surface area contributed by atoms with Gasteiger partial charge in [0.2, 0.25) is 0 Å². The van der Waals surface area contributed by atoms with Crippen LogP contribution in [0, 0.1) is 11.8 Å². The van der Waals surface area contributed by atoms with E-state index in [0.29, 0.717) is 0 Å². The lowest BCUT2D eigenvalue weighted by molar-refractivity contribution is 0.514. The quantitative estimate of drug-likeness (QED) is 0.583. The van der Waals surface area contributed by atoms with Crippen molar-refractivity contribution in [3.63, 3.8) is 0 Å². The van der Waals surface area contributed by atoms with Crippen LogP contribution in [-0.4, -0.2) is 9.65 Å². The molecule has 0 aromatic carbocycles. The van der Waals surface area contributed by atoms with Gasteiger partial charge in [-0.3, -0.25) is 0 Å². The summed E-state index contributed by atoms with van der Waals surface area (Å²) in [5.74, 6) is 1.97. The molecule has 0 aromatic rings. The monoisotopic (exact) mass is 252 g/mol. The van der Waals surface area contributed by atoms with Crippen molar-refractivity contribution in [2.24, 2.45) is 11.8 Å². The third-order valence-corrected chi connectivity index (χ3v) is 6.06. The zero-order valence-electron chi connectivity index (χ0n) is 5.19. The van der Waals surface area contributed by atoms with Gasteiger partial charge in [-0.15, -0.1) is 0 Å². The van der Waals surface area contributed by atoms with E-state index < -0.39 is 0 Å². The third kappa shape index (κ3) is 0.900. The van der Waals surface area contributed by atoms with E-state index >= 15 is 0 Å². The molecular weight excluding hydrogens is 244 g/mol. The Hall–Kier alpha value is 0.960. The Balaban J connectivity index is 2.15. The number of fused-ring (bicyclic) bond motifs is 2. The molecule has 9 heavy (non-hydrogen) atoms. The van der Waals surface area contributed by atoms with Crippen LogP contribution in [0.1, 0.15) is 19.3 Å². The Morgan fingerprint density at radius 1 is 0.889 bits per heavy atom. The molecule has 2 saturated carbocycles. The maximum Gasteiger partial charge on any atom is 0.0302 e. The number of hydrogen-bond acceptors (Lipinski definition) is 0. The largest absolute Gasteiger partial charge is 0.0875 e. The number of rotatable bonds is 0. The molecule has 0 heterocycles. The summed E-state index contributed by atoms with van der Waals surface area (Å²) >= 11 is 7.43. The SMILES string of the molecule is Br[C@H]1[C@H]2CC[C@@H](C2)[C@@H]1Br. The van der Waals surface area contributed by atoms with E-state index in [4.69, 9.17) is 0 Å². The minimum atomic E-state index is 0.774. The first kappa shape index (κ1) is 6.66. The van der Waals surface area contributed by atoms with Crippen molar-refractivity contribution >= 4 is 31.9 Å². The predicted molar refractivity (Wildman–Crippen MR) is 46.3 cm³/mol. The van der Waals surface area contributed by atoms with Gasteiger partial charge < -0.3 is 0 Å². The van der Waals surface area contributed by atoms with Crippen LogP contribution in [0.4, 0.5) is 0 Å². The van der Waals surface area contributed by atoms with E-state index in [1.807, 2.05) is 0 Å². The van der Waals surface area contributed by atoms with Gasteiger partial charge in [-0.2, -0.15) is 0 Å². The molecule has 2 rings (SSSR count). The smallest absolute Gasteiger partial charge is 0.0302 e. The molecule has 2 fully saturated rings. The molecule has 52 valence electrons.